The van der Waals surface area contributed by atoms with Crippen LogP contribution in [-0.4, -0.2) is 13.1 Å². The lowest BCUT2D eigenvalue weighted by Gasteiger charge is -2.20. The standard InChI is InChI=1S/C13H21BrN2/c1-9(2)11(7-15)8-16-13-6-10(3)4-5-12(13)14/h4-6,9,11,16H,7-8,15H2,1-3H3. The summed E-state index contributed by atoms with van der Waals surface area (Å²) >= 11 is 3.55. The minimum Gasteiger partial charge on any atom is -0.384 e. The first-order valence-electron chi connectivity index (χ1n) is 5.74. The number of anilines is 1. The van der Waals surface area contributed by atoms with Crippen LogP contribution in [0.5, 0.6) is 0 Å². The van der Waals surface area contributed by atoms with Gasteiger partial charge in [0, 0.05) is 16.7 Å². The highest BCUT2D eigenvalue weighted by atomic mass is 79.9. The first-order chi connectivity index (χ1) is 7.54. The summed E-state index contributed by atoms with van der Waals surface area (Å²) in [5, 5.41) is 3.46. The van der Waals surface area contributed by atoms with E-state index in [1.54, 1.807) is 0 Å². The van der Waals surface area contributed by atoms with E-state index in [1.807, 2.05) is 0 Å². The third-order valence-electron chi connectivity index (χ3n) is 2.92. The molecule has 0 radical (unpaired) electrons. The summed E-state index contributed by atoms with van der Waals surface area (Å²) in [7, 11) is 0. The van der Waals surface area contributed by atoms with E-state index in [1.165, 1.54) is 5.56 Å². The molecule has 0 aromatic heterocycles. The number of benzene rings is 1. The number of nitrogens with one attached hydrogen (secondary N) is 1. The molecule has 3 N–H and O–H groups in total. The molecule has 0 aliphatic carbocycles. The van der Waals surface area contributed by atoms with Crippen molar-refractivity contribution in [2.24, 2.45) is 17.6 Å². The van der Waals surface area contributed by atoms with Crippen LogP contribution in [0, 0.1) is 18.8 Å². The molecule has 3 heteroatoms. The zero-order valence-electron chi connectivity index (χ0n) is 10.3. The van der Waals surface area contributed by atoms with Gasteiger partial charge in [-0.2, -0.15) is 0 Å². The Balaban J connectivity index is 2.63. The summed E-state index contributed by atoms with van der Waals surface area (Å²) in [4.78, 5) is 0. The Bertz CT molecular complexity index is 337. The van der Waals surface area contributed by atoms with E-state index >= 15 is 0 Å². The molecule has 1 unspecified atom stereocenters. The number of aryl methyl sites for hydroxylation is 1. The molecule has 0 heterocycles. The van der Waals surface area contributed by atoms with E-state index in [9.17, 15) is 0 Å². The maximum absolute atomic E-state index is 5.75. The van der Waals surface area contributed by atoms with E-state index in [-0.39, 0.29) is 0 Å². The van der Waals surface area contributed by atoms with E-state index in [0.29, 0.717) is 11.8 Å². The molecule has 0 spiro atoms. The molecule has 1 aromatic carbocycles. The predicted octanol–water partition coefficient (Wildman–Crippen LogP) is 3.40. The van der Waals surface area contributed by atoms with Crippen LogP contribution in [0.25, 0.3) is 0 Å². The Labute approximate surface area is 107 Å². The van der Waals surface area contributed by atoms with Gasteiger partial charge in [-0.1, -0.05) is 19.9 Å². The van der Waals surface area contributed by atoms with E-state index in [4.69, 9.17) is 5.73 Å². The molecule has 90 valence electrons. The second-order valence-electron chi connectivity index (χ2n) is 4.60. The van der Waals surface area contributed by atoms with E-state index in [0.717, 1.165) is 23.2 Å². The summed E-state index contributed by atoms with van der Waals surface area (Å²) in [6, 6.07) is 6.32. The largest absolute Gasteiger partial charge is 0.384 e. The van der Waals surface area contributed by atoms with E-state index < -0.39 is 0 Å². The summed E-state index contributed by atoms with van der Waals surface area (Å²) in [5.41, 5.74) is 8.17. The molecule has 0 aliphatic heterocycles. The van der Waals surface area contributed by atoms with Crippen molar-refractivity contribution in [1.29, 1.82) is 0 Å². The lowest BCUT2D eigenvalue weighted by molar-refractivity contribution is 0.413. The maximum atomic E-state index is 5.75. The van der Waals surface area contributed by atoms with Crippen LogP contribution in [0.1, 0.15) is 19.4 Å². The van der Waals surface area contributed by atoms with Crippen molar-refractivity contribution < 1.29 is 0 Å². The zero-order chi connectivity index (χ0) is 12.1. The molecule has 0 aliphatic rings. The Morgan fingerprint density at radius 1 is 1.38 bits per heavy atom. The monoisotopic (exact) mass is 284 g/mol. The molecule has 0 fully saturated rings. The van der Waals surface area contributed by atoms with Crippen LogP contribution in [0.15, 0.2) is 22.7 Å². The molecule has 0 saturated carbocycles. The maximum Gasteiger partial charge on any atom is 0.0487 e. The molecule has 0 saturated heterocycles. The van der Waals surface area contributed by atoms with Crippen molar-refractivity contribution in [3.05, 3.63) is 28.2 Å². The van der Waals surface area contributed by atoms with Gasteiger partial charge in [-0.15, -0.1) is 0 Å². The minimum absolute atomic E-state index is 0.521. The Morgan fingerprint density at radius 3 is 2.62 bits per heavy atom. The minimum atomic E-state index is 0.521. The quantitative estimate of drug-likeness (QED) is 0.870. The molecule has 2 nitrogen and oxygen atoms in total. The highest BCUT2D eigenvalue weighted by molar-refractivity contribution is 9.10. The van der Waals surface area contributed by atoms with Gasteiger partial charge in [0.25, 0.3) is 0 Å². The van der Waals surface area contributed by atoms with Gasteiger partial charge in [-0.3, -0.25) is 0 Å². The molecular weight excluding hydrogens is 264 g/mol. The van der Waals surface area contributed by atoms with Gasteiger partial charge < -0.3 is 11.1 Å². The first kappa shape index (κ1) is 13.5. The van der Waals surface area contributed by atoms with Gasteiger partial charge in [0.05, 0.1) is 0 Å². The second-order valence-corrected chi connectivity index (χ2v) is 5.46. The van der Waals surface area contributed by atoms with Gasteiger partial charge in [0.2, 0.25) is 0 Å². The number of hydrogen-bond acceptors (Lipinski definition) is 2. The highest BCUT2D eigenvalue weighted by Gasteiger charge is 2.11. The van der Waals surface area contributed by atoms with E-state index in [2.05, 4.69) is 60.2 Å². The molecule has 16 heavy (non-hydrogen) atoms. The Kier molecular flexibility index (Phi) is 5.29. The third kappa shape index (κ3) is 3.80. The van der Waals surface area contributed by atoms with Crippen LogP contribution in [0.4, 0.5) is 5.69 Å². The van der Waals surface area contributed by atoms with Crippen LogP contribution in [0.3, 0.4) is 0 Å². The second kappa shape index (κ2) is 6.26. The Hall–Kier alpha value is -0.540. The molecule has 0 bridgehead atoms. The fourth-order valence-electron chi connectivity index (χ4n) is 1.61. The smallest absolute Gasteiger partial charge is 0.0487 e. The molecule has 0 amide bonds. The molecule has 1 atom stereocenters. The molecular formula is C13H21BrN2. The van der Waals surface area contributed by atoms with Gasteiger partial charge >= 0.3 is 0 Å². The van der Waals surface area contributed by atoms with Crippen molar-refractivity contribution >= 4 is 21.6 Å². The van der Waals surface area contributed by atoms with Gasteiger partial charge in [0.1, 0.15) is 0 Å². The normalized spacial score (nSPS) is 12.9. The molecule has 1 aromatic rings. The predicted molar refractivity (Wildman–Crippen MR) is 74.8 cm³/mol. The number of hydrogen-bond donors (Lipinski definition) is 2. The number of halogens is 1. The summed E-state index contributed by atoms with van der Waals surface area (Å²) in [6.45, 7) is 8.18. The lowest BCUT2D eigenvalue weighted by atomic mass is 9.96. The highest BCUT2D eigenvalue weighted by Crippen LogP contribution is 2.24. The van der Waals surface area contributed by atoms with Crippen LogP contribution < -0.4 is 11.1 Å². The number of nitrogens with two attached hydrogens (primary N) is 1. The Morgan fingerprint density at radius 2 is 2.06 bits per heavy atom. The van der Waals surface area contributed by atoms with Crippen molar-refractivity contribution in [2.45, 2.75) is 20.8 Å². The van der Waals surface area contributed by atoms with Crippen molar-refractivity contribution in [2.75, 3.05) is 18.4 Å². The average molecular weight is 285 g/mol. The van der Waals surface area contributed by atoms with Gasteiger partial charge in [0.15, 0.2) is 0 Å². The molecule has 1 rings (SSSR count). The van der Waals surface area contributed by atoms with Crippen molar-refractivity contribution in [3.63, 3.8) is 0 Å². The summed E-state index contributed by atoms with van der Waals surface area (Å²) in [6.07, 6.45) is 0. The zero-order valence-corrected chi connectivity index (χ0v) is 11.8. The first-order valence-corrected chi connectivity index (χ1v) is 6.54. The SMILES string of the molecule is Cc1ccc(Br)c(NCC(CN)C(C)C)c1. The summed E-state index contributed by atoms with van der Waals surface area (Å²) < 4.78 is 1.11. The number of rotatable bonds is 5. The fraction of sp³-hybridized carbons (Fsp3) is 0.538. The average Bonchev–Trinajstić information content (AvgIpc) is 2.23. The summed E-state index contributed by atoms with van der Waals surface area (Å²) in [5.74, 6) is 1.13. The van der Waals surface area contributed by atoms with Crippen LogP contribution in [0.2, 0.25) is 0 Å². The van der Waals surface area contributed by atoms with Crippen molar-refractivity contribution in [1.82, 2.24) is 0 Å². The topological polar surface area (TPSA) is 38.0 Å². The third-order valence-corrected chi connectivity index (χ3v) is 3.61. The van der Waals surface area contributed by atoms with Gasteiger partial charge in [-0.25, -0.2) is 0 Å². The van der Waals surface area contributed by atoms with Crippen LogP contribution >= 0.6 is 15.9 Å². The fourth-order valence-corrected chi connectivity index (χ4v) is 1.99. The van der Waals surface area contributed by atoms with Crippen LogP contribution in [-0.2, 0) is 0 Å². The van der Waals surface area contributed by atoms with Crippen molar-refractivity contribution in [3.8, 4) is 0 Å². The lowest BCUT2D eigenvalue weighted by Crippen LogP contribution is -2.27. The van der Waals surface area contributed by atoms with Gasteiger partial charge in [-0.05, 0) is 58.9 Å².